The van der Waals surface area contributed by atoms with Crippen LogP contribution in [0.25, 0.3) is 11.3 Å². The van der Waals surface area contributed by atoms with Gasteiger partial charge in [0.15, 0.2) is 5.78 Å². The third kappa shape index (κ3) is 2.01. The van der Waals surface area contributed by atoms with Crippen molar-refractivity contribution in [3.63, 3.8) is 0 Å². The van der Waals surface area contributed by atoms with Gasteiger partial charge in [0.25, 0.3) is 0 Å². The Morgan fingerprint density at radius 1 is 1.19 bits per heavy atom. The molecule has 0 saturated heterocycles. The molecule has 0 saturated carbocycles. The van der Waals surface area contributed by atoms with Gasteiger partial charge in [-0.1, -0.05) is 30.3 Å². The van der Waals surface area contributed by atoms with Gasteiger partial charge < -0.3 is 0 Å². The lowest BCUT2D eigenvalue weighted by atomic mass is 10.0. The average Bonchev–Trinajstić information content (AvgIpc) is 2.29. The minimum atomic E-state index is 0.0598. The van der Waals surface area contributed by atoms with Gasteiger partial charge in [-0.05, 0) is 25.5 Å². The van der Waals surface area contributed by atoms with Crippen molar-refractivity contribution in [3.8, 4) is 11.3 Å². The number of nitrogens with zero attached hydrogens (tertiary/aromatic N) is 1. The Balaban J connectivity index is 2.46. The maximum atomic E-state index is 11.3. The third-order valence-corrected chi connectivity index (χ3v) is 2.56. The molecule has 2 nitrogen and oxygen atoms in total. The summed E-state index contributed by atoms with van der Waals surface area (Å²) in [6, 6.07) is 11.9. The Morgan fingerprint density at radius 2 is 1.88 bits per heavy atom. The van der Waals surface area contributed by atoms with Crippen molar-refractivity contribution >= 4 is 5.78 Å². The minimum absolute atomic E-state index is 0.0598. The number of Topliss-reactive ketones (excluding diaryl/α,β-unsaturated/α-hetero) is 1. The van der Waals surface area contributed by atoms with E-state index in [1.54, 1.807) is 13.1 Å². The Bertz CT molecular complexity index is 518. The molecule has 0 unspecified atom stereocenters. The van der Waals surface area contributed by atoms with E-state index in [9.17, 15) is 4.79 Å². The summed E-state index contributed by atoms with van der Waals surface area (Å²) in [4.78, 5) is 15.6. The zero-order chi connectivity index (χ0) is 11.5. The van der Waals surface area contributed by atoms with Crippen molar-refractivity contribution in [2.24, 2.45) is 0 Å². The van der Waals surface area contributed by atoms with Crippen LogP contribution in [-0.4, -0.2) is 10.8 Å². The monoisotopic (exact) mass is 211 g/mol. The number of aryl methyl sites for hydroxylation is 1. The van der Waals surface area contributed by atoms with Crippen LogP contribution in [0.4, 0.5) is 0 Å². The van der Waals surface area contributed by atoms with Gasteiger partial charge in [0.1, 0.15) is 0 Å². The van der Waals surface area contributed by atoms with Crippen LogP contribution in [0.1, 0.15) is 22.8 Å². The molecule has 0 bridgehead atoms. The number of carbonyl (C=O) groups is 1. The molecule has 2 aromatic rings. The molecule has 0 amide bonds. The normalized spacial score (nSPS) is 10.1. The predicted octanol–water partition coefficient (Wildman–Crippen LogP) is 3.26. The van der Waals surface area contributed by atoms with Crippen molar-refractivity contribution in [1.29, 1.82) is 0 Å². The SMILES string of the molecule is CC(=O)c1cnc(-c2ccccc2)cc1C. The van der Waals surface area contributed by atoms with E-state index in [0.717, 1.165) is 16.8 Å². The fourth-order valence-electron chi connectivity index (χ4n) is 1.69. The lowest BCUT2D eigenvalue weighted by Gasteiger charge is -2.05. The minimum Gasteiger partial charge on any atom is -0.294 e. The Hall–Kier alpha value is -1.96. The summed E-state index contributed by atoms with van der Waals surface area (Å²) in [5.41, 5.74) is 3.64. The highest BCUT2D eigenvalue weighted by molar-refractivity contribution is 5.95. The van der Waals surface area contributed by atoms with Crippen LogP contribution < -0.4 is 0 Å². The zero-order valence-electron chi connectivity index (χ0n) is 9.40. The maximum absolute atomic E-state index is 11.3. The molecule has 0 N–H and O–H groups in total. The van der Waals surface area contributed by atoms with Crippen molar-refractivity contribution in [2.75, 3.05) is 0 Å². The Kier molecular flexibility index (Phi) is 2.82. The van der Waals surface area contributed by atoms with E-state index >= 15 is 0 Å². The molecule has 0 atom stereocenters. The summed E-state index contributed by atoms with van der Waals surface area (Å²) in [5, 5.41) is 0. The van der Waals surface area contributed by atoms with E-state index in [-0.39, 0.29) is 5.78 Å². The Labute approximate surface area is 95.0 Å². The molecule has 0 spiro atoms. The van der Waals surface area contributed by atoms with E-state index in [0.29, 0.717) is 5.56 Å². The topological polar surface area (TPSA) is 30.0 Å². The molecule has 0 fully saturated rings. The fraction of sp³-hybridized carbons (Fsp3) is 0.143. The predicted molar refractivity (Wildman–Crippen MR) is 64.4 cm³/mol. The largest absolute Gasteiger partial charge is 0.294 e. The van der Waals surface area contributed by atoms with Crippen LogP contribution in [-0.2, 0) is 0 Å². The van der Waals surface area contributed by atoms with Crippen LogP contribution in [0.3, 0.4) is 0 Å². The maximum Gasteiger partial charge on any atom is 0.161 e. The van der Waals surface area contributed by atoms with Gasteiger partial charge in [-0.3, -0.25) is 9.78 Å². The molecule has 1 heterocycles. The fourth-order valence-corrected chi connectivity index (χ4v) is 1.69. The average molecular weight is 211 g/mol. The van der Waals surface area contributed by atoms with E-state index < -0.39 is 0 Å². The number of ketones is 1. The summed E-state index contributed by atoms with van der Waals surface area (Å²) in [7, 11) is 0. The molecule has 2 rings (SSSR count). The lowest BCUT2D eigenvalue weighted by molar-refractivity contribution is 0.101. The number of pyridine rings is 1. The van der Waals surface area contributed by atoms with Crippen molar-refractivity contribution in [3.05, 3.63) is 53.7 Å². The highest BCUT2D eigenvalue weighted by Gasteiger charge is 2.06. The number of carbonyl (C=O) groups excluding carboxylic acids is 1. The van der Waals surface area contributed by atoms with Gasteiger partial charge in [-0.15, -0.1) is 0 Å². The van der Waals surface area contributed by atoms with Gasteiger partial charge in [-0.25, -0.2) is 0 Å². The molecule has 2 heteroatoms. The molecule has 16 heavy (non-hydrogen) atoms. The van der Waals surface area contributed by atoms with E-state index in [1.807, 2.05) is 43.3 Å². The molecule has 80 valence electrons. The summed E-state index contributed by atoms with van der Waals surface area (Å²) < 4.78 is 0. The number of aromatic nitrogens is 1. The van der Waals surface area contributed by atoms with Crippen LogP contribution in [0.15, 0.2) is 42.6 Å². The summed E-state index contributed by atoms with van der Waals surface area (Å²) in [5.74, 6) is 0.0598. The highest BCUT2D eigenvalue weighted by atomic mass is 16.1. The molecule has 0 aliphatic heterocycles. The molecule has 0 radical (unpaired) electrons. The lowest BCUT2D eigenvalue weighted by Crippen LogP contribution is -1.98. The second-order valence-electron chi connectivity index (χ2n) is 3.81. The number of hydrogen-bond acceptors (Lipinski definition) is 2. The van der Waals surface area contributed by atoms with Crippen LogP contribution in [0.2, 0.25) is 0 Å². The van der Waals surface area contributed by atoms with Crippen molar-refractivity contribution in [1.82, 2.24) is 4.98 Å². The number of rotatable bonds is 2. The molecule has 0 aliphatic carbocycles. The van der Waals surface area contributed by atoms with Gasteiger partial charge in [0, 0.05) is 17.3 Å². The van der Waals surface area contributed by atoms with Gasteiger partial charge >= 0.3 is 0 Å². The van der Waals surface area contributed by atoms with Gasteiger partial charge in [-0.2, -0.15) is 0 Å². The molecular weight excluding hydrogens is 198 g/mol. The number of benzene rings is 1. The zero-order valence-corrected chi connectivity index (χ0v) is 9.40. The summed E-state index contributed by atoms with van der Waals surface area (Å²) in [6.45, 7) is 3.50. The van der Waals surface area contributed by atoms with Gasteiger partial charge in [0.2, 0.25) is 0 Å². The molecule has 1 aromatic heterocycles. The quantitative estimate of drug-likeness (QED) is 0.714. The summed E-state index contributed by atoms with van der Waals surface area (Å²) >= 11 is 0. The first kappa shape index (κ1) is 10.6. The molecule has 1 aromatic carbocycles. The van der Waals surface area contributed by atoms with Crippen molar-refractivity contribution in [2.45, 2.75) is 13.8 Å². The van der Waals surface area contributed by atoms with E-state index in [2.05, 4.69) is 4.98 Å². The second kappa shape index (κ2) is 4.27. The molecular formula is C14H13NO. The smallest absolute Gasteiger partial charge is 0.161 e. The van der Waals surface area contributed by atoms with Crippen LogP contribution in [0, 0.1) is 6.92 Å². The van der Waals surface area contributed by atoms with E-state index in [1.165, 1.54) is 0 Å². The first-order valence-electron chi connectivity index (χ1n) is 5.21. The first-order valence-corrected chi connectivity index (χ1v) is 5.21. The highest BCUT2D eigenvalue weighted by Crippen LogP contribution is 2.19. The van der Waals surface area contributed by atoms with Gasteiger partial charge in [0.05, 0.1) is 5.69 Å². The third-order valence-electron chi connectivity index (χ3n) is 2.56. The number of hydrogen-bond donors (Lipinski definition) is 0. The summed E-state index contributed by atoms with van der Waals surface area (Å²) in [6.07, 6.45) is 1.65. The molecule has 0 aliphatic rings. The second-order valence-corrected chi connectivity index (χ2v) is 3.81. The first-order chi connectivity index (χ1) is 7.68. The Morgan fingerprint density at radius 3 is 2.44 bits per heavy atom. The van der Waals surface area contributed by atoms with Crippen LogP contribution >= 0.6 is 0 Å². The van der Waals surface area contributed by atoms with Crippen LogP contribution in [0.5, 0.6) is 0 Å². The van der Waals surface area contributed by atoms with E-state index in [4.69, 9.17) is 0 Å². The standard InChI is InChI=1S/C14H13NO/c1-10-8-14(12-6-4-3-5-7-12)15-9-13(10)11(2)16/h3-9H,1-2H3. The van der Waals surface area contributed by atoms with Crippen molar-refractivity contribution < 1.29 is 4.79 Å².